The molecule has 1 aromatic rings. The van der Waals surface area contributed by atoms with E-state index in [1.54, 1.807) is 12.4 Å². The van der Waals surface area contributed by atoms with E-state index in [2.05, 4.69) is 15.0 Å². The number of aromatic nitrogens is 1. The van der Waals surface area contributed by atoms with E-state index >= 15 is 0 Å². The van der Waals surface area contributed by atoms with E-state index in [9.17, 15) is 4.79 Å². The largest absolute Gasteiger partial charge is 0.466 e. The number of carbonyl (C=O) groups excluding carboxylic acids is 1. The number of esters is 1. The highest BCUT2D eigenvalue weighted by Crippen LogP contribution is 1.91. The SMILES string of the molecule is COC(=O)/C=C/NCc1ccccn1. The molecule has 0 amide bonds. The van der Waals surface area contributed by atoms with Crippen molar-refractivity contribution in [1.82, 2.24) is 10.3 Å². The van der Waals surface area contributed by atoms with Gasteiger partial charge in [0, 0.05) is 18.5 Å². The minimum atomic E-state index is -0.376. The Morgan fingerprint density at radius 2 is 2.50 bits per heavy atom. The molecule has 1 aromatic heterocycles. The summed E-state index contributed by atoms with van der Waals surface area (Å²) in [5.74, 6) is -0.376. The summed E-state index contributed by atoms with van der Waals surface area (Å²) in [6.07, 6.45) is 4.59. The molecule has 0 spiro atoms. The predicted molar refractivity (Wildman–Crippen MR) is 52.2 cm³/mol. The highest BCUT2D eigenvalue weighted by Gasteiger charge is 1.90. The minimum Gasteiger partial charge on any atom is -0.466 e. The molecule has 14 heavy (non-hydrogen) atoms. The molecule has 1 N–H and O–H groups in total. The summed E-state index contributed by atoms with van der Waals surface area (Å²) < 4.78 is 4.42. The number of nitrogens with zero attached hydrogens (tertiary/aromatic N) is 1. The van der Waals surface area contributed by atoms with Crippen LogP contribution in [0.3, 0.4) is 0 Å². The third-order valence-corrected chi connectivity index (χ3v) is 1.55. The monoisotopic (exact) mass is 192 g/mol. The van der Waals surface area contributed by atoms with Crippen LogP contribution in [0, 0.1) is 0 Å². The van der Waals surface area contributed by atoms with Gasteiger partial charge in [0.05, 0.1) is 19.3 Å². The molecule has 0 unspecified atom stereocenters. The number of hydrogen-bond donors (Lipinski definition) is 1. The molecule has 0 radical (unpaired) electrons. The fourth-order valence-electron chi connectivity index (χ4n) is 0.861. The van der Waals surface area contributed by atoms with E-state index in [1.807, 2.05) is 18.2 Å². The molecular formula is C10H12N2O2. The number of rotatable bonds is 4. The van der Waals surface area contributed by atoms with Gasteiger partial charge >= 0.3 is 5.97 Å². The summed E-state index contributed by atoms with van der Waals surface area (Å²) in [7, 11) is 1.34. The van der Waals surface area contributed by atoms with Crippen molar-refractivity contribution in [3.05, 3.63) is 42.4 Å². The maximum atomic E-state index is 10.7. The van der Waals surface area contributed by atoms with Gasteiger partial charge in [-0.15, -0.1) is 0 Å². The molecule has 0 aromatic carbocycles. The number of carbonyl (C=O) groups is 1. The van der Waals surface area contributed by atoms with Crippen molar-refractivity contribution >= 4 is 5.97 Å². The molecule has 0 fully saturated rings. The number of ether oxygens (including phenoxy) is 1. The average molecular weight is 192 g/mol. The van der Waals surface area contributed by atoms with Crippen molar-refractivity contribution in [3.8, 4) is 0 Å². The first-order chi connectivity index (χ1) is 6.83. The van der Waals surface area contributed by atoms with Gasteiger partial charge in [-0.05, 0) is 12.1 Å². The summed E-state index contributed by atoms with van der Waals surface area (Å²) in [6.45, 7) is 0.592. The first-order valence-corrected chi connectivity index (χ1v) is 4.20. The smallest absolute Gasteiger partial charge is 0.331 e. The zero-order chi connectivity index (χ0) is 10.2. The topological polar surface area (TPSA) is 51.2 Å². The van der Waals surface area contributed by atoms with Crippen LogP contribution in [0.15, 0.2) is 36.7 Å². The van der Waals surface area contributed by atoms with Gasteiger partial charge in [-0.25, -0.2) is 4.79 Å². The Bertz CT molecular complexity index is 309. The van der Waals surface area contributed by atoms with Crippen molar-refractivity contribution in [2.45, 2.75) is 6.54 Å². The van der Waals surface area contributed by atoms with Crippen LogP contribution in [0.25, 0.3) is 0 Å². The number of nitrogens with one attached hydrogen (secondary N) is 1. The van der Waals surface area contributed by atoms with Crippen molar-refractivity contribution in [2.75, 3.05) is 7.11 Å². The Kier molecular flexibility index (Phi) is 4.20. The molecule has 0 aliphatic carbocycles. The van der Waals surface area contributed by atoms with Crippen molar-refractivity contribution in [1.29, 1.82) is 0 Å². The lowest BCUT2D eigenvalue weighted by Gasteiger charge is -1.98. The maximum Gasteiger partial charge on any atom is 0.331 e. The van der Waals surface area contributed by atoms with E-state index in [-0.39, 0.29) is 5.97 Å². The summed E-state index contributed by atoms with van der Waals surface area (Å²) in [6, 6.07) is 5.67. The van der Waals surface area contributed by atoms with Crippen molar-refractivity contribution in [2.24, 2.45) is 0 Å². The van der Waals surface area contributed by atoms with Gasteiger partial charge in [-0.3, -0.25) is 4.98 Å². The Morgan fingerprint density at radius 1 is 1.64 bits per heavy atom. The quantitative estimate of drug-likeness (QED) is 0.567. The zero-order valence-electron chi connectivity index (χ0n) is 7.93. The second-order valence-corrected chi connectivity index (χ2v) is 2.56. The molecular weight excluding hydrogens is 180 g/mol. The van der Waals surface area contributed by atoms with Crippen LogP contribution in [0.1, 0.15) is 5.69 Å². The molecule has 1 rings (SSSR count). The van der Waals surface area contributed by atoms with Gasteiger partial charge in [0.1, 0.15) is 0 Å². The van der Waals surface area contributed by atoms with Crippen LogP contribution >= 0.6 is 0 Å². The summed E-state index contributed by atoms with van der Waals surface area (Å²) in [4.78, 5) is 14.8. The molecule has 0 atom stereocenters. The molecule has 0 aliphatic rings. The van der Waals surface area contributed by atoms with Crippen molar-refractivity contribution in [3.63, 3.8) is 0 Å². The normalized spacial score (nSPS) is 10.1. The molecule has 4 heteroatoms. The van der Waals surface area contributed by atoms with Crippen LogP contribution in [0.2, 0.25) is 0 Å². The molecule has 0 bridgehead atoms. The minimum absolute atomic E-state index is 0.376. The van der Waals surface area contributed by atoms with Gasteiger partial charge in [0.15, 0.2) is 0 Å². The number of hydrogen-bond acceptors (Lipinski definition) is 4. The lowest BCUT2D eigenvalue weighted by molar-refractivity contribution is -0.134. The van der Waals surface area contributed by atoms with E-state index in [4.69, 9.17) is 0 Å². The Balaban J connectivity index is 2.29. The third-order valence-electron chi connectivity index (χ3n) is 1.55. The van der Waals surface area contributed by atoms with Gasteiger partial charge in [-0.1, -0.05) is 6.07 Å². The highest BCUT2D eigenvalue weighted by atomic mass is 16.5. The summed E-state index contributed by atoms with van der Waals surface area (Å²) >= 11 is 0. The molecule has 0 saturated heterocycles. The lowest BCUT2D eigenvalue weighted by Crippen LogP contribution is -2.07. The number of methoxy groups -OCH3 is 1. The molecule has 1 heterocycles. The lowest BCUT2D eigenvalue weighted by atomic mass is 10.3. The Labute approximate surface area is 82.6 Å². The fraction of sp³-hybridized carbons (Fsp3) is 0.200. The van der Waals surface area contributed by atoms with Gasteiger partial charge in [0.2, 0.25) is 0 Å². The van der Waals surface area contributed by atoms with Crippen LogP contribution in [0.4, 0.5) is 0 Å². The highest BCUT2D eigenvalue weighted by molar-refractivity contribution is 5.81. The summed E-state index contributed by atoms with van der Waals surface area (Å²) in [5, 5.41) is 2.92. The molecule has 0 aliphatic heterocycles. The van der Waals surface area contributed by atoms with Crippen LogP contribution < -0.4 is 5.32 Å². The number of pyridine rings is 1. The Hall–Kier alpha value is -1.84. The van der Waals surface area contributed by atoms with E-state index in [0.717, 1.165) is 5.69 Å². The van der Waals surface area contributed by atoms with E-state index in [1.165, 1.54) is 13.2 Å². The van der Waals surface area contributed by atoms with Crippen LogP contribution in [-0.4, -0.2) is 18.1 Å². The molecule has 74 valence electrons. The fourth-order valence-corrected chi connectivity index (χ4v) is 0.861. The van der Waals surface area contributed by atoms with Gasteiger partial charge < -0.3 is 10.1 Å². The molecule has 0 saturated carbocycles. The first kappa shape index (κ1) is 10.2. The van der Waals surface area contributed by atoms with Gasteiger partial charge in [0.25, 0.3) is 0 Å². The first-order valence-electron chi connectivity index (χ1n) is 4.20. The van der Waals surface area contributed by atoms with Crippen LogP contribution in [-0.2, 0) is 16.1 Å². The maximum absolute atomic E-state index is 10.7. The third kappa shape index (κ3) is 3.71. The second kappa shape index (κ2) is 5.75. The van der Waals surface area contributed by atoms with Gasteiger partial charge in [-0.2, -0.15) is 0 Å². The average Bonchev–Trinajstić information content (AvgIpc) is 2.25. The van der Waals surface area contributed by atoms with E-state index < -0.39 is 0 Å². The molecule has 4 nitrogen and oxygen atoms in total. The van der Waals surface area contributed by atoms with Crippen LogP contribution in [0.5, 0.6) is 0 Å². The van der Waals surface area contributed by atoms with E-state index in [0.29, 0.717) is 6.54 Å². The van der Waals surface area contributed by atoms with Crippen molar-refractivity contribution < 1.29 is 9.53 Å². The predicted octanol–water partition coefficient (Wildman–Crippen LogP) is 0.858. The second-order valence-electron chi connectivity index (χ2n) is 2.56. The summed E-state index contributed by atoms with van der Waals surface area (Å²) in [5.41, 5.74) is 0.919. The Morgan fingerprint density at radius 3 is 3.14 bits per heavy atom. The standard InChI is InChI=1S/C10H12N2O2/c1-14-10(13)5-7-11-8-9-4-2-3-6-12-9/h2-7,11H,8H2,1H3/b7-5+. The zero-order valence-corrected chi connectivity index (χ0v) is 7.93.